The number of carbonyl (C=O) groups is 1. The third-order valence-corrected chi connectivity index (χ3v) is 8.03. The van der Waals surface area contributed by atoms with Gasteiger partial charge in [-0.05, 0) is 55.0 Å². The van der Waals surface area contributed by atoms with Crippen molar-refractivity contribution in [3.05, 3.63) is 101 Å². The summed E-state index contributed by atoms with van der Waals surface area (Å²) in [5.74, 6) is -0.0433. The summed E-state index contributed by atoms with van der Waals surface area (Å²) in [5.41, 5.74) is 4.19. The van der Waals surface area contributed by atoms with Crippen LogP contribution < -0.4 is 5.32 Å². The van der Waals surface area contributed by atoms with Gasteiger partial charge in [0.15, 0.2) is 0 Å². The zero-order valence-electron chi connectivity index (χ0n) is 18.9. The van der Waals surface area contributed by atoms with Gasteiger partial charge >= 0.3 is 0 Å². The third-order valence-electron chi connectivity index (χ3n) is 6.12. The molecular weight excluding hydrogens is 432 g/mol. The summed E-state index contributed by atoms with van der Waals surface area (Å²) in [6.45, 7) is 3.23. The first-order valence-corrected chi connectivity index (χ1v) is 12.9. The largest absolute Gasteiger partial charge is 0.345 e. The van der Waals surface area contributed by atoms with Crippen LogP contribution in [0.5, 0.6) is 0 Å². The Morgan fingerprint density at radius 2 is 1.48 bits per heavy atom. The molecule has 0 bridgehead atoms. The fraction of sp³-hybridized carbons (Fsp3) is 0.296. The quantitative estimate of drug-likeness (QED) is 0.531. The number of aryl methyl sites for hydroxylation is 2. The highest BCUT2D eigenvalue weighted by Gasteiger charge is 2.27. The first-order valence-electron chi connectivity index (χ1n) is 11.4. The van der Waals surface area contributed by atoms with E-state index in [2.05, 4.69) is 17.4 Å². The van der Waals surface area contributed by atoms with Gasteiger partial charge in [0.1, 0.15) is 0 Å². The lowest BCUT2D eigenvalue weighted by atomic mass is 9.97. The Morgan fingerprint density at radius 3 is 2.12 bits per heavy atom. The molecule has 1 aliphatic heterocycles. The molecule has 1 fully saturated rings. The van der Waals surface area contributed by atoms with Crippen molar-refractivity contribution in [2.24, 2.45) is 0 Å². The van der Waals surface area contributed by atoms with Crippen LogP contribution in [0.1, 0.15) is 47.6 Å². The van der Waals surface area contributed by atoms with Crippen molar-refractivity contribution in [2.45, 2.75) is 43.5 Å². The molecule has 172 valence electrons. The van der Waals surface area contributed by atoms with Gasteiger partial charge < -0.3 is 5.32 Å². The number of amides is 1. The minimum Gasteiger partial charge on any atom is -0.345 e. The van der Waals surface area contributed by atoms with E-state index in [1.807, 2.05) is 61.5 Å². The van der Waals surface area contributed by atoms with E-state index >= 15 is 0 Å². The summed E-state index contributed by atoms with van der Waals surface area (Å²) >= 11 is 0. The van der Waals surface area contributed by atoms with Gasteiger partial charge in [-0.3, -0.25) is 4.79 Å². The minimum absolute atomic E-state index is 0.0433. The molecule has 5 nitrogen and oxygen atoms in total. The molecule has 1 aliphatic rings. The van der Waals surface area contributed by atoms with Crippen molar-refractivity contribution in [3.8, 4) is 0 Å². The second-order valence-corrected chi connectivity index (χ2v) is 10.5. The Labute approximate surface area is 196 Å². The van der Waals surface area contributed by atoms with E-state index in [1.165, 1.54) is 5.56 Å². The van der Waals surface area contributed by atoms with E-state index in [0.29, 0.717) is 30.8 Å². The standard InChI is InChI=1S/C27H30N2O3S/c1-21-9-14-24(15-10-21)27(23-7-3-2-4-8-23)28-26(30)18-13-22-11-16-25(17-12-22)33(31,32)29-19-5-6-20-29/h2-4,7-12,14-17,27H,5-6,13,18-20H2,1H3,(H,28,30). The summed E-state index contributed by atoms with van der Waals surface area (Å²) in [6.07, 6.45) is 2.71. The van der Waals surface area contributed by atoms with Crippen molar-refractivity contribution in [1.82, 2.24) is 9.62 Å². The average molecular weight is 463 g/mol. The molecule has 3 aromatic carbocycles. The van der Waals surface area contributed by atoms with Crippen molar-refractivity contribution in [1.29, 1.82) is 0 Å². The van der Waals surface area contributed by atoms with Crippen LogP contribution in [-0.4, -0.2) is 31.7 Å². The molecule has 1 unspecified atom stereocenters. The average Bonchev–Trinajstić information content (AvgIpc) is 3.39. The number of carbonyl (C=O) groups excluding carboxylic acids is 1. The molecule has 0 aromatic heterocycles. The SMILES string of the molecule is Cc1ccc(C(NC(=O)CCc2ccc(S(=O)(=O)N3CCCC3)cc2)c2ccccc2)cc1. The van der Waals surface area contributed by atoms with Gasteiger partial charge in [0.05, 0.1) is 10.9 Å². The number of benzene rings is 3. The zero-order valence-corrected chi connectivity index (χ0v) is 19.7. The van der Waals surface area contributed by atoms with Gasteiger partial charge in [-0.25, -0.2) is 8.42 Å². The smallest absolute Gasteiger partial charge is 0.243 e. The predicted octanol–water partition coefficient (Wildman–Crippen LogP) is 4.62. The van der Waals surface area contributed by atoms with Crippen LogP contribution in [0.25, 0.3) is 0 Å². The van der Waals surface area contributed by atoms with Gasteiger partial charge in [0.25, 0.3) is 0 Å². The highest BCUT2D eigenvalue weighted by atomic mass is 32.2. The van der Waals surface area contributed by atoms with E-state index < -0.39 is 10.0 Å². The number of nitrogens with zero attached hydrogens (tertiary/aromatic N) is 1. The minimum atomic E-state index is -3.41. The predicted molar refractivity (Wildman–Crippen MR) is 130 cm³/mol. The van der Waals surface area contributed by atoms with Crippen LogP contribution in [0.3, 0.4) is 0 Å². The monoisotopic (exact) mass is 462 g/mol. The zero-order chi connectivity index (χ0) is 23.3. The molecule has 1 heterocycles. The fourth-order valence-corrected chi connectivity index (χ4v) is 5.68. The number of hydrogen-bond donors (Lipinski definition) is 1. The fourth-order valence-electron chi connectivity index (χ4n) is 4.16. The molecule has 0 spiro atoms. The summed E-state index contributed by atoms with van der Waals surface area (Å²) in [6, 6.07) is 24.9. The van der Waals surface area contributed by atoms with Crippen LogP contribution in [-0.2, 0) is 21.2 Å². The van der Waals surface area contributed by atoms with Crippen molar-refractivity contribution in [3.63, 3.8) is 0 Å². The lowest BCUT2D eigenvalue weighted by Gasteiger charge is -2.20. The van der Waals surface area contributed by atoms with Crippen molar-refractivity contribution >= 4 is 15.9 Å². The van der Waals surface area contributed by atoms with E-state index in [1.54, 1.807) is 16.4 Å². The lowest BCUT2D eigenvalue weighted by molar-refractivity contribution is -0.121. The summed E-state index contributed by atoms with van der Waals surface area (Å²) < 4.78 is 26.9. The normalized spacial score (nSPS) is 15.3. The molecule has 4 rings (SSSR count). The molecular formula is C27H30N2O3S. The van der Waals surface area contributed by atoms with E-state index in [9.17, 15) is 13.2 Å². The Kier molecular flexibility index (Phi) is 7.26. The Morgan fingerprint density at radius 1 is 0.879 bits per heavy atom. The molecule has 33 heavy (non-hydrogen) atoms. The maximum atomic E-state index is 12.8. The summed E-state index contributed by atoms with van der Waals surface area (Å²) in [4.78, 5) is 13.1. The van der Waals surface area contributed by atoms with Gasteiger partial charge in [-0.1, -0.05) is 72.3 Å². The van der Waals surface area contributed by atoms with E-state index in [4.69, 9.17) is 0 Å². The molecule has 0 radical (unpaired) electrons. The molecule has 0 saturated carbocycles. The van der Waals surface area contributed by atoms with Crippen LogP contribution in [0.15, 0.2) is 83.8 Å². The van der Waals surface area contributed by atoms with Crippen LogP contribution in [0, 0.1) is 6.92 Å². The topological polar surface area (TPSA) is 66.5 Å². The number of hydrogen-bond acceptors (Lipinski definition) is 3. The van der Waals surface area contributed by atoms with Gasteiger partial charge in [-0.2, -0.15) is 4.31 Å². The van der Waals surface area contributed by atoms with Crippen molar-refractivity contribution < 1.29 is 13.2 Å². The number of nitrogens with one attached hydrogen (secondary N) is 1. The molecule has 0 aliphatic carbocycles. The van der Waals surface area contributed by atoms with E-state index in [0.717, 1.165) is 29.5 Å². The number of rotatable bonds is 8. The number of sulfonamides is 1. The molecule has 1 atom stereocenters. The lowest BCUT2D eigenvalue weighted by Crippen LogP contribution is -2.29. The first-order chi connectivity index (χ1) is 15.9. The van der Waals surface area contributed by atoms with Gasteiger partial charge in [0, 0.05) is 19.5 Å². The molecule has 1 amide bonds. The van der Waals surface area contributed by atoms with Crippen molar-refractivity contribution in [2.75, 3.05) is 13.1 Å². The van der Waals surface area contributed by atoms with Crippen LogP contribution in [0.2, 0.25) is 0 Å². The Hall–Kier alpha value is -2.96. The molecule has 6 heteroatoms. The third kappa shape index (κ3) is 5.70. The second kappa shape index (κ2) is 10.3. The van der Waals surface area contributed by atoms with Gasteiger partial charge in [-0.15, -0.1) is 0 Å². The maximum absolute atomic E-state index is 12.8. The van der Waals surface area contributed by atoms with Gasteiger partial charge in [0.2, 0.25) is 15.9 Å². The van der Waals surface area contributed by atoms with E-state index in [-0.39, 0.29) is 11.9 Å². The first kappa shape index (κ1) is 23.2. The Balaban J connectivity index is 1.40. The van der Waals surface area contributed by atoms with Crippen LogP contribution in [0.4, 0.5) is 0 Å². The van der Waals surface area contributed by atoms with Crippen LogP contribution >= 0.6 is 0 Å². The Bertz CT molecular complexity index is 1170. The summed E-state index contributed by atoms with van der Waals surface area (Å²) in [5, 5.41) is 3.17. The highest BCUT2D eigenvalue weighted by Crippen LogP contribution is 2.24. The molecule has 1 saturated heterocycles. The maximum Gasteiger partial charge on any atom is 0.243 e. The second-order valence-electron chi connectivity index (χ2n) is 8.58. The molecule has 1 N–H and O–H groups in total. The highest BCUT2D eigenvalue weighted by molar-refractivity contribution is 7.89. The summed E-state index contributed by atoms with van der Waals surface area (Å²) in [7, 11) is -3.41. The molecule has 3 aromatic rings.